The molecule has 4 aliphatic rings. The van der Waals surface area contributed by atoms with Gasteiger partial charge in [0.2, 0.25) is 5.91 Å². The summed E-state index contributed by atoms with van der Waals surface area (Å²) in [7, 11) is 0. The van der Waals surface area contributed by atoms with E-state index >= 15 is 0 Å². The maximum atomic E-state index is 12.9. The normalized spacial score (nSPS) is 43.5. The van der Waals surface area contributed by atoms with Crippen molar-refractivity contribution in [3.63, 3.8) is 0 Å². The van der Waals surface area contributed by atoms with Crippen molar-refractivity contribution in [1.29, 1.82) is 0 Å². The van der Waals surface area contributed by atoms with Crippen LogP contribution in [0.1, 0.15) is 65.2 Å². The number of alkyl halides is 1. The summed E-state index contributed by atoms with van der Waals surface area (Å²) in [5.41, 5.74) is 0.412. The molecule has 1 amide bonds. The Hall–Kier alpha value is -0.240. The minimum atomic E-state index is -0.0337. The first-order valence-corrected chi connectivity index (χ1v) is 8.85. The van der Waals surface area contributed by atoms with Gasteiger partial charge in [-0.25, -0.2) is 0 Å². The number of rotatable bonds is 5. The number of hydrogen-bond acceptors (Lipinski definition) is 1. The lowest BCUT2D eigenvalue weighted by Crippen LogP contribution is -2.57. The van der Waals surface area contributed by atoms with Crippen LogP contribution in [-0.2, 0) is 4.79 Å². The van der Waals surface area contributed by atoms with Gasteiger partial charge in [-0.1, -0.05) is 6.92 Å². The van der Waals surface area contributed by atoms with Gasteiger partial charge in [0, 0.05) is 11.9 Å². The minimum absolute atomic E-state index is 0.0337. The highest BCUT2D eigenvalue weighted by Gasteiger charge is 2.58. The average molecular weight is 298 g/mol. The topological polar surface area (TPSA) is 29.1 Å². The fraction of sp³-hybridized carbons (Fsp3) is 0.941. The fourth-order valence-electron chi connectivity index (χ4n) is 5.82. The largest absolute Gasteiger partial charge is 0.353 e. The lowest BCUT2D eigenvalue weighted by molar-refractivity contribution is -0.155. The van der Waals surface area contributed by atoms with Crippen LogP contribution < -0.4 is 5.32 Å². The molecule has 114 valence electrons. The Morgan fingerprint density at radius 1 is 1.30 bits per heavy atom. The van der Waals surface area contributed by atoms with E-state index in [0.717, 1.165) is 43.9 Å². The first kappa shape index (κ1) is 14.7. The Bertz CT molecular complexity index is 380. The van der Waals surface area contributed by atoms with E-state index in [1.165, 1.54) is 19.3 Å². The molecule has 0 saturated heterocycles. The number of nitrogens with one attached hydrogen (secondary N) is 1. The third-order valence-electron chi connectivity index (χ3n) is 5.98. The summed E-state index contributed by atoms with van der Waals surface area (Å²) in [6.07, 6.45) is 9.50. The summed E-state index contributed by atoms with van der Waals surface area (Å²) in [6, 6.07) is 0.266. The summed E-state index contributed by atoms with van der Waals surface area (Å²) in [6.45, 7) is 4.54. The zero-order chi connectivity index (χ0) is 14.4. The van der Waals surface area contributed by atoms with E-state index in [0.29, 0.717) is 17.2 Å². The van der Waals surface area contributed by atoms with Crippen LogP contribution >= 0.6 is 11.6 Å². The molecule has 0 aromatic carbocycles. The van der Waals surface area contributed by atoms with E-state index in [-0.39, 0.29) is 11.5 Å². The smallest absolute Gasteiger partial charge is 0.226 e. The van der Waals surface area contributed by atoms with Gasteiger partial charge in [0.25, 0.3) is 0 Å². The lowest BCUT2D eigenvalue weighted by atomic mass is 9.44. The molecular formula is C17H28ClNO. The van der Waals surface area contributed by atoms with E-state index < -0.39 is 0 Å². The van der Waals surface area contributed by atoms with Crippen LogP contribution in [0.3, 0.4) is 0 Å². The second-order valence-electron chi connectivity index (χ2n) is 8.26. The molecule has 4 aliphatic carbocycles. The van der Waals surface area contributed by atoms with Crippen molar-refractivity contribution in [3.8, 4) is 0 Å². The monoisotopic (exact) mass is 297 g/mol. The maximum absolute atomic E-state index is 12.9. The zero-order valence-electron chi connectivity index (χ0n) is 12.9. The molecule has 0 radical (unpaired) electrons. The Morgan fingerprint density at radius 2 is 1.95 bits per heavy atom. The van der Waals surface area contributed by atoms with Crippen LogP contribution in [0, 0.1) is 22.7 Å². The number of amides is 1. The highest BCUT2D eigenvalue weighted by atomic mass is 35.5. The number of halogens is 1. The van der Waals surface area contributed by atoms with Crippen LogP contribution in [0.2, 0.25) is 0 Å². The molecule has 0 aromatic rings. The second kappa shape index (κ2) is 5.19. The average Bonchev–Trinajstić information content (AvgIpc) is 2.33. The third-order valence-corrected chi connectivity index (χ3v) is 6.25. The van der Waals surface area contributed by atoms with Crippen molar-refractivity contribution < 1.29 is 4.79 Å². The zero-order valence-corrected chi connectivity index (χ0v) is 13.6. The van der Waals surface area contributed by atoms with E-state index in [9.17, 15) is 4.79 Å². The number of carbonyl (C=O) groups excluding carboxylic acids is 1. The summed E-state index contributed by atoms with van der Waals surface area (Å²) in [5, 5.41) is 3.29. The third kappa shape index (κ3) is 2.61. The van der Waals surface area contributed by atoms with Gasteiger partial charge in [0.15, 0.2) is 0 Å². The van der Waals surface area contributed by atoms with Crippen LogP contribution in [0.4, 0.5) is 0 Å². The first-order chi connectivity index (χ1) is 9.45. The Labute approximate surface area is 128 Å². The van der Waals surface area contributed by atoms with Crippen LogP contribution in [0.25, 0.3) is 0 Å². The van der Waals surface area contributed by atoms with Gasteiger partial charge in [-0.05, 0) is 75.5 Å². The van der Waals surface area contributed by atoms with E-state index in [1.807, 2.05) is 0 Å². The van der Waals surface area contributed by atoms with Crippen LogP contribution in [0.5, 0.6) is 0 Å². The number of carbonyl (C=O) groups is 1. The van der Waals surface area contributed by atoms with Crippen molar-refractivity contribution in [3.05, 3.63) is 0 Å². The first-order valence-electron chi connectivity index (χ1n) is 8.32. The molecule has 0 aromatic heterocycles. The Kier molecular flexibility index (Phi) is 3.81. The quantitative estimate of drug-likeness (QED) is 0.760. The van der Waals surface area contributed by atoms with E-state index in [4.69, 9.17) is 11.6 Å². The SMILES string of the molecule is CC(CCCCl)NC(=O)C12CC3CC(CC(C)(C3)C1)C2. The van der Waals surface area contributed by atoms with Crippen LogP contribution in [-0.4, -0.2) is 17.8 Å². The predicted molar refractivity (Wildman–Crippen MR) is 82.8 cm³/mol. The Morgan fingerprint density at radius 3 is 2.50 bits per heavy atom. The molecule has 4 bridgehead atoms. The molecule has 4 rings (SSSR count). The minimum Gasteiger partial charge on any atom is -0.353 e. The van der Waals surface area contributed by atoms with Gasteiger partial charge in [0.1, 0.15) is 0 Å². The molecular weight excluding hydrogens is 270 g/mol. The van der Waals surface area contributed by atoms with Gasteiger partial charge in [0.05, 0.1) is 5.41 Å². The van der Waals surface area contributed by atoms with Gasteiger partial charge in [-0.3, -0.25) is 4.79 Å². The van der Waals surface area contributed by atoms with Gasteiger partial charge >= 0.3 is 0 Å². The molecule has 3 unspecified atom stereocenters. The molecule has 4 saturated carbocycles. The van der Waals surface area contributed by atoms with Crippen molar-refractivity contribution in [2.75, 3.05) is 5.88 Å². The second-order valence-corrected chi connectivity index (χ2v) is 8.64. The van der Waals surface area contributed by atoms with Crippen molar-refractivity contribution in [2.24, 2.45) is 22.7 Å². The highest BCUT2D eigenvalue weighted by molar-refractivity contribution is 6.17. The standard InChI is InChI=1S/C17H28ClNO/c1-12(4-3-5-18)19-15(20)17-9-13-6-14(10-17)8-16(2,7-13)11-17/h12-14H,3-11H2,1-2H3,(H,19,20). The highest BCUT2D eigenvalue weighted by Crippen LogP contribution is 2.65. The molecule has 1 N–H and O–H groups in total. The Balaban J connectivity index is 1.68. The van der Waals surface area contributed by atoms with E-state index in [1.54, 1.807) is 0 Å². The molecule has 3 atom stereocenters. The fourth-order valence-corrected chi connectivity index (χ4v) is 5.97. The van der Waals surface area contributed by atoms with Crippen LogP contribution in [0.15, 0.2) is 0 Å². The van der Waals surface area contributed by atoms with Crippen molar-refractivity contribution >= 4 is 17.5 Å². The summed E-state index contributed by atoms with van der Waals surface area (Å²) < 4.78 is 0. The molecule has 0 spiro atoms. The molecule has 3 heteroatoms. The molecule has 20 heavy (non-hydrogen) atoms. The van der Waals surface area contributed by atoms with Gasteiger partial charge in [-0.15, -0.1) is 11.6 Å². The lowest BCUT2D eigenvalue weighted by Gasteiger charge is -2.60. The molecule has 0 heterocycles. The van der Waals surface area contributed by atoms with Gasteiger partial charge < -0.3 is 5.32 Å². The van der Waals surface area contributed by atoms with Crippen molar-refractivity contribution in [1.82, 2.24) is 5.32 Å². The van der Waals surface area contributed by atoms with E-state index in [2.05, 4.69) is 19.2 Å². The summed E-state index contributed by atoms with van der Waals surface area (Å²) >= 11 is 5.74. The summed E-state index contributed by atoms with van der Waals surface area (Å²) in [4.78, 5) is 12.9. The predicted octanol–water partition coefficient (Wildman–Crippen LogP) is 4.12. The molecule has 4 fully saturated rings. The molecule has 0 aliphatic heterocycles. The maximum Gasteiger partial charge on any atom is 0.226 e. The van der Waals surface area contributed by atoms with Gasteiger partial charge in [-0.2, -0.15) is 0 Å². The summed E-state index contributed by atoms with van der Waals surface area (Å²) in [5.74, 6) is 2.66. The van der Waals surface area contributed by atoms with Crippen molar-refractivity contribution in [2.45, 2.75) is 71.3 Å². The number of hydrogen-bond donors (Lipinski definition) is 1. The molecule has 2 nitrogen and oxygen atoms in total.